The van der Waals surface area contributed by atoms with Crippen LogP contribution in [0, 0.1) is 0 Å². The maximum atomic E-state index is 11.0. The first-order valence-corrected chi connectivity index (χ1v) is 4.57. The van der Waals surface area contributed by atoms with Crippen LogP contribution in [0.15, 0.2) is 0 Å². The quantitative estimate of drug-likeness (QED) is 0.592. The van der Waals surface area contributed by atoms with Crippen molar-refractivity contribution >= 4 is 5.97 Å². The van der Waals surface area contributed by atoms with Crippen LogP contribution in [0.25, 0.3) is 0 Å². The number of carbonyl (C=O) groups is 1. The van der Waals surface area contributed by atoms with Crippen LogP contribution in [-0.2, 0) is 14.3 Å². The topological polar surface area (TPSA) is 35.5 Å². The SMILES string of the molecule is CC[C@@H]1CC(=O)OC[C@H](CC)O1. The van der Waals surface area contributed by atoms with Crippen molar-refractivity contribution in [3.63, 3.8) is 0 Å². The van der Waals surface area contributed by atoms with Crippen LogP contribution >= 0.6 is 0 Å². The monoisotopic (exact) mass is 172 g/mol. The molecular formula is C9H16O3. The van der Waals surface area contributed by atoms with Crippen molar-refractivity contribution in [2.45, 2.75) is 45.3 Å². The van der Waals surface area contributed by atoms with Gasteiger partial charge in [-0.1, -0.05) is 13.8 Å². The van der Waals surface area contributed by atoms with Crippen LogP contribution in [0.4, 0.5) is 0 Å². The van der Waals surface area contributed by atoms with E-state index in [2.05, 4.69) is 0 Å². The molecule has 1 heterocycles. The van der Waals surface area contributed by atoms with Gasteiger partial charge in [0.15, 0.2) is 0 Å². The van der Waals surface area contributed by atoms with Gasteiger partial charge in [-0.15, -0.1) is 0 Å². The molecule has 0 unspecified atom stereocenters. The zero-order valence-corrected chi connectivity index (χ0v) is 7.71. The number of carbonyl (C=O) groups excluding carboxylic acids is 1. The Kier molecular flexibility index (Phi) is 3.53. The average Bonchev–Trinajstić information content (AvgIpc) is 2.26. The van der Waals surface area contributed by atoms with Crippen LogP contribution in [-0.4, -0.2) is 24.8 Å². The third kappa shape index (κ3) is 2.48. The third-order valence-electron chi connectivity index (χ3n) is 2.12. The lowest BCUT2D eigenvalue weighted by molar-refractivity contribution is -0.143. The summed E-state index contributed by atoms with van der Waals surface area (Å²) in [4.78, 5) is 11.0. The summed E-state index contributed by atoms with van der Waals surface area (Å²) in [6.07, 6.45) is 2.36. The van der Waals surface area contributed by atoms with Crippen molar-refractivity contribution < 1.29 is 14.3 Å². The normalized spacial score (nSPS) is 31.0. The second-order valence-electron chi connectivity index (χ2n) is 3.08. The van der Waals surface area contributed by atoms with Crippen LogP contribution in [0.5, 0.6) is 0 Å². The molecule has 1 fully saturated rings. The zero-order valence-electron chi connectivity index (χ0n) is 7.71. The standard InChI is InChI=1S/C9H16O3/c1-3-7-5-9(10)11-6-8(4-2)12-7/h7-8H,3-6H2,1-2H3/t7-,8+/m1/s1. The highest BCUT2D eigenvalue weighted by atomic mass is 16.6. The molecule has 1 aliphatic heterocycles. The molecule has 0 N–H and O–H groups in total. The van der Waals surface area contributed by atoms with Gasteiger partial charge in [0, 0.05) is 0 Å². The van der Waals surface area contributed by atoms with E-state index in [0.717, 1.165) is 12.8 Å². The van der Waals surface area contributed by atoms with E-state index < -0.39 is 0 Å². The smallest absolute Gasteiger partial charge is 0.308 e. The summed E-state index contributed by atoms with van der Waals surface area (Å²) in [7, 11) is 0. The van der Waals surface area contributed by atoms with Crippen LogP contribution in [0.3, 0.4) is 0 Å². The Morgan fingerprint density at radius 1 is 1.33 bits per heavy atom. The maximum absolute atomic E-state index is 11.0. The van der Waals surface area contributed by atoms with E-state index in [-0.39, 0.29) is 18.2 Å². The minimum absolute atomic E-state index is 0.0601. The Morgan fingerprint density at radius 2 is 2.00 bits per heavy atom. The minimum Gasteiger partial charge on any atom is -0.463 e. The van der Waals surface area contributed by atoms with Crippen molar-refractivity contribution in [3.8, 4) is 0 Å². The molecule has 70 valence electrons. The Bertz CT molecular complexity index is 156. The summed E-state index contributed by atoms with van der Waals surface area (Å²) in [5, 5.41) is 0. The van der Waals surface area contributed by atoms with Gasteiger partial charge in [0.25, 0.3) is 0 Å². The van der Waals surface area contributed by atoms with Gasteiger partial charge in [-0.05, 0) is 12.8 Å². The molecule has 1 saturated heterocycles. The first kappa shape index (κ1) is 9.52. The lowest BCUT2D eigenvalue weighted by Crippen LogP contribution is -2.21. The number of hydrogen-bond acceptors (Lipinski definition) is 3. The highest BCUT2D eigenvalue weighted by molar-refractivity contribution is 5.70. The molecule has 0 bridgehead atoms. The molecule has 12 heavy (non-hydrogen) atoms. The molecule has 2 atom stereocenters. The second-order valence-corrected chi connectivity index (χ2v) is 3.08. The lowest BCUT2D eigenvalue weighted by atomic mass is 10.2. The summed E-state index contributed by atoms with van der Waals surface area (Å²) in [5.41, 5.74) is 0. The molecule has 1 aliphatic rings. The molecule has 0 spiro atoms. The Balaban J connectivity index is 2.49. The molecule has 0 radical (unpaired) electrons. The molecule has 0 aromatic rings. The van der Waals surface area contributed by atoms with Gasteiger partial charge in [0.2, 0.25) is 0 Å². The predicted octanol–water partition coefficient (Wildman–Crippen LogP) is 1.51. The molecule has 0 aromatic carbocycles. The van der Waals surface area contributed by atoms with E-state index in [1.807, 2.05) is 13.8 Å². The van der Waals surface area contributed by atoms with E-state index in [0.29, 0.717) is 13.0 Å². The molecule has 0 aromatic heterocycles. The first-order chi connectivity index (χ1) is 5.76. The lowest BCUT2D eigenvalue weighted by Gasteiger charge is -2.16. The number of esters is 1. The molecule has 3 nitrogen and oxygen atoms in total. The molecule has 1 rings (SSSR count). The van der Waals surface area contributed by atoms with Gasteiger partial charge in [0.1, 0.15) is 6.61 Å². The van der Waals surface area contributed by atoms with Gasteiger partial charge >= 0.3 is 5.97 Å². The number of hydrogen-bond donors (Lipinski definition) is 0. The number of cyclic esters (lactones) is 1. The second kappa shape index (κ2) is 4.45. The largest absolute Gasteiger partial charge is 0.463 e. The number of ether oxygens (including phenoxy) is 2. The molecule has 0 saturated carbocycles. The molecule has 0 aliphatic carbocycles. The number of rotatable bonds is 2. The van der Waals surface area contributed by atoms with Gasteiger partial charge in [-0.25, -0.2) is 0 Å². The summed E-state index contributed by atoms with van der Waals surface area (Å²) < 4.78 is 10.6. The molecule has 0 amide bonds. The van der Waals surface area contributed by atoms with E-state index in [9.17, 15) is 4.79 Å². The van der Waals surface area contributed by atoms with E-state index in [4.69, 9.17) is 9.47 Å². The Labute approximate surface area is 73.0 Å². The van der Waals surface area contributed by atoms with E-state index in [1.165, 1.54) is 0 Å². The van der Waals surface area contributed by atoms with Crippen molar-refractivity contribution in [1.29, 1.82) is 0 Å². The van der Waals surface area contributed by atoms with Crippen molar-refractivity contribution in [1.82, 2.24) is 0 Å². The van der Waals surface area contributed by atoms with Gasteiger partial charge in [-0.3, -0.25) is 4.79 Å². The predicted molar refractivity (Wildman–Crippen MR) is 44.8 cm³/mol. The molecule has 3 heteroatoms. The highest BCUT2D eigenvalue weighted by Gasteiger charge is 2.23. The zero-order chi connectivity index (χ0) is 8.97. The fraction of sp³-hybridized carbons (Fsp3) is 0.889. The van der Waals surface area contributed by atoms with Gasteiger partial charge in [0.05, 0.1) is 18.6 Å². The van der Waals surface area contributed by atoms with Crippen molar-refractivity contribution in [2.24, 2.45) is 0 Å². The maximum Gasteiger partial charge on any atom is 0.308 e. The van der Waals surface area contributed by atoms with Crippen molar-refractivity contribution in [3.05, 3.63) is 0 Å². The Morgan fingerprint density at radius 3 is 2.58 bits per heavy atom. The van der Waals surface area contributed by atoms with Crippen LogP contribution in [0.2, 0.25) is 0 Å². The van der Waals surface area contributed by atoms with Crippen molar-refractivity contribution in [2.75, 3.05) is 6.61 Å². The summed E-state index contributed by atoms with van der Waals surface area (Å²) >= 11 is 0. The highest BCUT2D eigenvalue weighted by Crippen LogP contribution is 2.14. The minimum atomic E-state index is -0.127. The van der Waals surface area contributed by atoms with Gasteiger partial charge < -0.3 is 9.47 Å². The average molecular weight is 172 g/mol. The van der Waals surface area contributed by atoms with Crippen LogP contribution in [0.1, 0.15) is 33.1 Å². The van der Waals surface area contributed by atoms with Crippen LogP contribution < -0.4 is 0 Å². The van der Waals surface area contributed by atoms with Gasteiger partial charge in [-0.2, -0.15) is 0 Å². The first-order valence-electron chi connectivity index (χ1n) is 4.57. The summed E-state index contributed by atoms with van der Waals surface area (Å²) in [5.74, 6) is -0.127. The summed E-state index contributed by atoms with van der Waals surface area (Å²) in [6.45, 7) is 4.48. The third-order valence-corrected chi connectivity index (χ3v) is 2.12. The molecular weight excluding hydrogens is 156 g/mol. The summed E-state index contributed by atoms with van der Waals surface area (Å²) in [6, 6.07) is 0. The van der Waals surface area contributed by atoms with E-state index >= 15 is 0 Å². The Hall–Kier alpha value is -0.570. The fourth-order valence-corrected chi connectivity index (χ4v) is 1.24. The fourth-order valence-electron chi connectivity index (χ4n) is 1.24. The van der Waals surface area contributed by atoms with E-state index in [1.54, 1.807) is 0 Å².